The summed E-state index contributed by atoms with van der Waals surface area (Å²) in [5.41, 5.74) is 3.55. The number of nitrogens with zero attached hydrogens (tertiary/aromatic N) is 3. The van der Waals surface area contributed by atoms with Gasteiger partial charge >= 0.3 is 12.0 Å². The molecule has 0 N–H and O–H groups in total. The molecule has 4 rings (SSSR count). The number of carbonyl (C=O) groups is 1. The Morgan fingerprint density at radius 1 is 1.00 bits per heavy atom. The van der Waals surface area contributed by atoms with Crippen LogP contribution in [0.4, 0.5) is 4.39 Å². The number of thiazole rings is 1. The Morgan fingerprint density at radius 3 is 2.52 bits per heavy atom. The minimum Gasteiger partial charge on any atom is -0.462 e. The molecule has 0 aliphatic heterocycles. The topological polar surface area (TPSA) is 65.0 Å². The van der Waals surface area contributed by atoms with Crippen molar-refractivity contribution >= 4 is 27.5 Å². The minimum atomic E-state index is -0.737. The molecule has 0 spiro atoms. The number of fused-ring (bicyclic) bond motifs is 1. The molecule has 146 valence electrons. The third-order valence-electron chi connectivity index (χ3n) is 4.31. The van der Waals surface area contributed by atoms with Gasteiger partial charge in [-0.05, 0) is 36.8 Å². The largest absolute Gasteiger partial charge is 0.462 e. The number of carbonyl (C=O) groups excluding carboxylic acids is 1. The van der Waals surface area contributed by atoms with Crippen LogP contribution in [0.3, 0.4) is 0 Å². The van der Waals surface area contributed by atoms with Gasteiger partial charge in [0.15, 0.2) is 0 Å². The van der Waals surface area contributed by atoms with Crippen molar-refractivity contribution in [3.8, 4) is 0 Å². The van der Waals surface area contributed by atoms with E-state index in [1.807, 2.05) is 36.4 Å². The van der Waals surface area contributed by atoms with Crippen LogP contribution in [-0.4, -0.2) is 27.5 Å². The molecule has 0 saturated heterocycles. The summed E-state index contributed by atoms with van der Waals surface area (Å²) in [4.78, 5) is 24.3. The number of halogens is 1. The first-order valence-electron chi connectivity index (χ1n) is 9.23. The molecular weight excluding hydrogens is 389 g/mol. The van der Waals surface area contributed by atoms with Gasteiger partial charge in [0.1, 0.15) is 0 Å². The number of hydrogen-bond donors (Lipinski definition) is 0. The van der Waals surface area contributed by atoms with Gasteiger partial charge in [-0.25, -0.2) is 19.7 Å². The van der Waals surface area contributed by atoms with Crippen LogP contribution < -0.4 is 0 Å². The van der Waals surface area contributed by atoms with Gasteiger partial charge in [0.2, 0.25) is 0 Å². The molecule has 0 fully saturated rings. The van der Waals surface area contributed by atoms with E-state index in [2.05, 4.69) is 15.0 Å². The molecule has 2 heterocycles. The maximum atomic E-state index is 14.0. The maximum absolute atomic E-state index is 14.0. The fourth-order valence-corrected chi connectivity index (χ4v) is 4.07. The van der Waals surface area contributed by atoms with Gasteiger partial charge in [0, 0.05) is 12.8 Å². The maximum Gasteiger partial charge on any atom is 0.338 e. The summed E-state index contributed by atoms with van der Waals surface area (Å²) in [6, 6.07) is 16.9. The van der Waals surface area contributed by atoms with Crippen molar-refractivity contribution in [3.63, 3.8) is 0 Å². The van der Waals surface area contributed by atoms with Gasteiger partial charge in [-0.2, -0.15) is 4.39 Å². The van der Waals surface area contributed by atoms with E-state index in [4.69, 9.17) is 4.74 Å². The van der Waals surface area contributed by atoms with Gasteiger partial charge in [-0.1, -0.05) is 30.3 Å². The minimum absolute atomic E-state index is 0.329. The molecule has 2 aromatic carbocycles. The average molecular weight is 407 g/mol. The van der Waals surface area contributed by atoms with Crippen LogP contribution >= 0.6 is 11.3 Å². The molecule has 4 aromatic rings. The molecule has 0 atom stereocenters. The number of hydrogen-bond acceptors (Lipinski definition) is 6. The summed E-state index contributed by atoms with van der Waals surface area (Å²) in [5, 5.41) is 0.796. The zero-order valence-corrected chi connectivity index (χ0v) is 16.6. The summed E-state index contributed by atoms with van der Waals surface area (Å²) in [5.74, 6) is -0.354. The third-order valence-corrected chi connectivity index (χ3v) is 5.33. The molecule has 0 amide bonds. The Balaban J connectivity index is 1.57. The Morgan fingerprint density at radius 2 is 1.76 bits per heavy atom. The number of aromatic nitrogens is 3. The molecule has 0 bridgehead atoms. The summed E-state index contributed by atoms with van der Waals surface area (Å²) in [6.07, 6.45) is 0.199. The van der Waals surface area contributed by atoms with Crippen LogP contribution in [0, 0.1) is 6.08 Å². The van der Waals surface area contributed by atoms with Crippen LogP contribution in [0.25, 0.3) is 10.2 Å². The summed E-state index contributed by atoms with van der Waals surface area (Å²) < 4.78 is 19.9. The Labute approximate surface area is 171 Å². The summed E-state index contributed by atoms with van der Waals surface area (Å²) in [7, 11) is 0. The van der Waals surface area contributed by atoms with Crippen molar-refractivity contribution in [1.29, 1.82) is 0 Å². The van der Waals surface area contributed by atoms with Gasteiger partial charge in [0.05, 0.1) is 38.8 Å². The highest BCUT2D eigenvalue weighted by atomic mass is 32.1. The number of ether oxygens (including phenoxy) is 1. The van der Waals surface area contributed by atoms with Crippen LogP contribution in [-0.2, 0) is 17.6 Å². The standard InChI is InChI=1S/C22H18FN3O2S/c1-2-28-21(27)15-8-9-18-19(11-15)29-20(26-18)13-17-12-16(24-22(23)25-17)10-14-6-4-3-5-7-14/h3-9,11-12H,2,10,13H2,1H3. The lowest BCUT2D eigenvalue weighted by atomic mass is 10.1. The monoisotopic (exact) mass is 407 g/mol. The Bertz CT molecular complexity index is 1160. The molecular formula is C22H18FN3O2S. The fourth-order valence-electron chi connectivity index (χ4n) is 3.05. The van der Waals surface area contributed by atoms with Crippen molar-refractivity contribution in [3.05, 3.63) is 88.2 Å². The van der Waals surface area contributed by atoms with Gasteiger partial charge in [-0.15, -0.1) is 11.3 Å². The van der Waals surface area contributed by atoms with E-state index in [-0.39, 0.29) is 5.97 Å². The highest BCUT2D eigenvalue weighted by molar-refractivity contribution is 7.18. The second-order valence-corrected chi connectivity index (χ2v) is 7.58. The predicted molar refractivity (Wildman–Crippen MR) is 110 cm³/mol. The molecule has 2 aromatic heterocycles. The van der Waals surface area contributed by atoms with Crippen molar-refractivity contribution < 1.29 is 13.9 Å². The lowest BCUT2D eigenvalue weighted by Crippen LogP contribution is -2.03. The van der Waals surface area contributed by atoms with E-state index in [1.165, 1.54) is 11.3 Å². The van der Waals surface area contributed by atoms with E-state index >= 15 is 0 Å². The van der Waals surface area contributed by atoms with Crippen molar-refractivity contribution in [1.82, 2.24) is 15.0 Å². The highest BCUT2D eigenvalue weighted by Gasteiger charge is 2.12. The van der Waals surface area contributed by atoms with E-state index in [0.717, 1.165) is 20.8 Å². The van der Waals surface area contributed by atoms with Gasteiger partial charge in [0.25, 0.3) is 0 Å². The van der Waals surface area contributed by atoms with Crippen LogP contribution in [0.2, 0.25) is 0 Å². The van der Waals surface area contributed by atoms with E-state index in [9.17, 15) is 9.18 Å². The average Bonchev–Trinajstić information content (AvgIpc) is 3.09. The van der Waals surface area contributed by atoms with E-state index < -0.39 is 6.08 Å². The molecule has 0 radical (unpaired) electrons. The van der Waals surface area contributed by atoms with Crippen molar-refractivity contribution in [2.75, 3.05) is 6.61 Å². The second-order valence-electron chi connectivity index (χ2n) is 6.47. The van der Waals surface area contributed by atoms with Gasteiger partial charge in [-0.3, -0.25) is 0 Å². The molecule has 7 heteroatoms. The predicted octanol–water partition coefficient (Wildman–Crippen LogP) is 4.58. The lowest BCUT2D eigenvalue weighted by molar-refractivity contribution is 0.0526. The number of esters is 1. The SMILES string of the molecule is CCOC(=O)c1ccc2nc(Cc3cc(Cc4ccccc4)nc(F)n3)sc2c1. The Kier molecular flexibility index (Phi) is 5.57. The summed E-state index contributed by atoms with van der Waals surface area (Å²) in [6.45, 7) is 2.10. The van der Waals surface area contributed by atoms with E-state index in [1.54, 1.807) is 25.1 Å². The highest BCUT2D eigenvalue weighted by Crippen LogP contribution is 2.25. The van der Waals surface area contributed by atoms with Gasteiger partial charge < -0.3 is 4.74 Å². The van der Waals surface area contributed by atoms with Crippen LogP contribution in [0.5, 0.6) is 0 Å². The zero-order chi connectivity index (χ0) is 20.2. The smallest absolute Gasteiger partial charge is 0.338 e. The normalized spacial score (nSPS) is 11.0. The molecule has 0 saturated carbocycles. The first-order chi connectivity index (χ1) is 14.1. The molecule has 0 aliphatic rings. The number of benzene rings is 2. The first kappa shape index (κ1) is 19.1. The van der Waals surface area contributed by atoms with Crippen LogP contribution in [0.1, 0.15) is 39.2 Å². The fraction of sp³-hybridized carbons (Fsp3) is 0.182. The molecule has 29 heavy (non-hydrogen) atoms. The molecule has 5 nitrogen and oxygen atoms in total. The molecule has 0 unspecified atom stereocenters. The quantitative estimate of drug-likeness (QED) is 0.346. The third kappa shape index (κ3) is 4.63. The molecule has 0 aliphatic carbocycles. The van der Waals surface area contributed by atoms with E-state index in [0.29, 0.717) is 36.4 Å². The summed E-state index contributed by atoms with van der Waals surface area (Å²) >= 11 is 1.46. The second kappa shape index (κ2) is 8.45. The first-order valence-corrected chi connectivity index (χ1v) is 10.0. The Hall–Kier alpha value is -3.19. The van der Waals surface area contributed by atoms with Crippen molar-refractivity contribution in [2.45, 2.75) is 19.8 Å². The van der Waals surface area contributed by atoms with Crippen molar-refractivity contribution in [2.24, 2.45) is 0 Å². The van der Waals surface area contributed by atoms with Crippen LogP contribution in [0.15, 0.2) is 54.6 Å². The zero-order valence-electron chi connectivity index (χ0n) is 15.8. The number of rotatable bonds is 6. The lowest BCUT2D eigenvalue weighted by Gasteiger charge is -2.04.